The average Bonchev–Trinajstić information content (AvgIpc) is 3.35. The fourth-order valence-electron chi connectivity index (χ4n) is 2.55. The summed E-state index contributed by atoms with van der Waals surface area (Å²) < 4.78 is 10.4. The number of H-pyrrole nitrogens is 1. The van der Waals surface area contributed by atoms with E-state index in [9.17, 15) is 9.90 Å². The molecule has 0 aliphatic heterocycles. The molecule has 1 fully saturated rings. The van der Waals surface area contributed by atoms with E-state index in [1.807, 2.05) is 0 Å². The standard InChI is InChI=1S/C17H21N3O4/c1-23-11-5-6-16(24-2)12(7-11)15(21)9-18-17(22)14-8-13(19-20-14)10-3-4-10/h5-8,10,15,21H,3-4,9H2,1-2H3,(H,18,22)(H,19,20). The fourth-order valence-corrected chi connectivity index (χ4v) is 2.55. The van der Waals surface area contributed by atoms with E-state index in [4.69, 9.17) is 9.47 Å². The van der Waals surface area contributed by atoms with E-state index in [0.717, 1.165) is 18.5 Å². The van der Waals surface area contributed by atoms with Gasteiger partial charge in [0, 0.05) is 23.7 Å². The molecule has 1 aliphatic rings. The summed E-state index contributed by atoms with van der Waals surface area (Å²) in [5.74, 6) is 1.33. The Morgan fingerprint density at radius 3 is 2.83 bits per heavy atom. The molecule has 24 heavy (non-hydrogen) atoms. The van der Waals surface area contributed by atoms with Crippen molar-refractivity contribution in [2.45, 2.75) is 24.9 Å². The Morgan fingerprint density at radius 1 is 1.38 bits per heavy atom. The Hall–Kier alpha value is -2.54. The molecule has 1 saturated carbocycles. The summed E-state index contributed by atoms with van der Waals surface area (Å²) in [6, 6.07) is 6.92. The van der Waals surface area contributed by atoms with Crippen LogP contribution in [0.3, 0.4) is 0 Å². The molecule has 1 aliphatic carbocycles. The summed E-state index contributed by atoms with van der Waals surface area (Å²) in [6.07, 6.45) is 1.36. The number of nitrogens with zero attached hydrogens (tertiary/aromatic N) is 1. The average molecular weight is 331 g/mol. The zero-order valence-corrected chi connectivity index (χ0v) is 13.7. The SMILES string of the molecule is COc1ccc(OC)c(C(O)CNC(=O)c2cc(C3CC3)[nH]n2)c1. The maximum atomic E-state index is 12.2. The third kappa shape index (κ3) is 3.51. The number of aromatic amines is 1. The van der Waals surface area contributed by atoms with Crippen LogP contribution in [0.4, 0.5) is 0 Å². The van der Waals surface area contributed by atoms with Crippen LogP contribution in [0.2, 0.25) is 0 Å². The second kappa shape index (κ2) is 6.92. The first-order valence-electron chi connectivity index (χ1n) is 7.86. The number of aromatic nitrogens is 2. The van der Waals surface area contributed by atoms with Gasteiger partial charge in [0.2, 0.25) is 0 Å². The largest absolute Gasteiger partial charge is 0.497 e. The van der Waals surface area contributed by atoms with Crippen molar-refractivity contribution in [3.63, 3.8) is 0 Å². The highest BCUT2D eigenvalue weighted by molar-refractivity contribution is 5.92. The molecule has 7 heteroatoms. The number of aliphatic hydroxyl groups excluding tert-OH is 1. The number of rotatable bonds is 7. The van der Waals surface area contributed by atoms with Gasteiger partial charge in [-0.2, -0.15) is 5.10 Å². The van der Waals surface area contributed by atoms with Gasteiger partial charge in [-0.3, -0.25) is 9.89 Å². The third-order valence-corrected chi connectivity index (χ3v) is 4.10. The normalized spacial score (nSPS) is 15.0. The quantitative estimate of drug-likeness (QED) is 0.718. The number of ether oxygens (including phenoxy) is 2. The van der Waals surface area contributed by atoms with Crippen molar-refractivity contribution in [2.75, 3.05) is 20.8 Å². The van der Waals surface area contributed by atoms with E-state index in [1.165, 1.54) is 7.11 Å². The van der Waals surface area contributed by atoms with Gasteiger partial charge in [-0.1, -0.05) is 0 Å². The highest BCUT2D eigenvalue weighted by atomic mass is 16.5. The number of carbonyl (C=O) groups is 1. The minimum Gasteiger partial charge on any atom is -0.497 e. The Kier molecular flexibility index (Phi) is 4.71. The zero-order chi connectivity index (χ0) is 17.1. The van der Waals surface area contributed by atoms with Gasteiger partial charge in [-0.05, 0) is 37.1 Å². The Balaban J connectivity index is 1.63. The second-order valence-corrected chi connectivity index (χ2v) is 5.82. The van der Waals surface area contributed by atoms with Gasteiger partial charge < -0.3 is 19.9 Å². The lowest BCUT2D eigenvalue weighted by Crippen LogP contribution is -2.28. The van der Waals surface area contributed by atoms with Crippen LogP contribution in [0.5, 0.6) is 11.5 Å². The van der Waals surface area contributed by atoms with Crippen molar-refractivity contribution < 1.29 is 19.4 Å². The van der Waals surface area contributed by atoms with Crippen molar-refractivity contribution in [1.29, 1.82) is 0 Å². The predicted molar refractivity (Wildman–Crippen MR) is 87.4 cm³/mol. The Labute approximate surface area is 140 Å². The van der Waals surface area contributed by atoms with Gasteiger partial charge >= 0.3 is 0 Å². The molecule has 0 saturated heterocycles. The highest BCUT2D eigenvalue weighted by Crippen LogP contribution is 2.39. The molecular formula is C17H21N3O4. The van der Waals surface area contributed by atoms with Crippen LogP contribution in [0.25, 0.3) is 0 Å². The predicted octanol–water partition coefficient (Wildman–Crippen LogP) is 1.77. The van der Waals surface area contributed by atoms with Crippen LogP contribution in [-0.4, -0.2) is 42.0 Å². The van der Waals surface area contributed by atoms with Gasteiger partial charge in [0.25, 0.3) is 5.91 Å². The molecule has 1 unspecified atom stereocenters. The maximum Gasteiger partial charge on any atom is 0.271 e. The molecule has 3 rings (SSSR count). The lowest BCUT2D eigenvalue weighted by Gasteiger charge is -2.16. The van der Waals surface area contributed by atoms with Gasteiger partial charge in [0.1, 0.15) is 23.3 Å². The zero-order valence-electron chi connectivity index (χ0n) is 13.7. The molecule has 1 aromatic heterocycles. The number of methoxy groups -OCH3 is 2. The van der Waals surface area contributed by atoms with E-state index >= 15 is 0 Å². The molecule has 128 valence electrons. The van der Waals surface area contributed by atoms with Gasteiger partial charge in [-0.15, -0.1) is 0 Å². The summed E-state index contributed by atoms with van der Waals surface area (Å²) in [4.78, 5) is 12.2. The first-order valence-corrected chi connectivity index (χ1v) is 7.86. The molecule has 1 heterocycles. The lowest BCUT2D eigenvalue weighted by molar-refractivity contribution is 0.0909. The summed E-state index contributed by atoms with van der Waals surface area (Å²) in [5.41, 5.74) is 1.88. The number of hydrogen-bond donors (Lipinski definition) is 3. The van der Waals surface area contributed by atoms with Gasteiger partial charge in [0.05, 0.1) is 14.2 Å². The van der Waals surface area contributed by atoms with Crippen molar-refractivity contribution >= 4 is 5.91 Å². The Bertz CT molecular complexity index is 724. The van der Waals surface area contributed by atoms with Crippen LogP contribution in [-0.2, 0) is 0 Å². The molecular weight excluding hydrogens is 310 g/mol. The van der Waals surface area contributed by atoms with E-state index in [2.05, 4.69) is 15.5 Å². The number of nitrogens with one attached hydrogen (secondary N) is 2. The molecule has 1 atom stereocenters. The molecule has 2 aromatic rings. The first-order chi connectivity index (χ1) is 11.6. The minimum absolute atomic E-state index is 0.0496. The highest BCUT2D eigenvalue weighted by Gasteiger charge is 2.26. The lowest BCUT2D eigenvalue weighted by atomic mass is 10.1. The van der Waals surface area contributed by atoms with Crippen LogP contribution >= 0.6 is 0 Å². The van der Waals surface area contributed by atoms with Crippen LogP contribution in [0, 0.1) is 0 Å². The molecule has 0 spiro atoms. The van der Waals surface area contributed by atoms with Gasteiger partial charge in [-0.25, -0.2) is 0 Å². The van der Waals surface area contributed by atoms with E-state index in [0.29, 0.717) is 28.7 Å². The van der Waals surface area contributed by atoms with Crippen molar-refractivity contribution in [1.82, 2.24) is 15.5 Å². The van der Waals surface area contributed by atoms with Crippen molar-refractivity contribution in [2.24, 2.45) is 0 Å². The van der Waals surface area contributed by atoms with E-state index in [-0.39, 0.29) is 12.5 Å². The number of benzene rings is 1. The number of hydrogen-bond acceptors (Lipinski definition) is 5. The molecule has 0 bridgehead atoms. The first kappa shape index (κ1) is 16.3. The smallest absolute Gasteiger partial charge is 0.271 e. The third-order valence-electron chi connectivity index (χ3n) is 4.10. The molecule has 0 radical (unpaired) electrons. The van der Waals surface area contributed by atoms with Crippen LogP contribution < -0.4 is 14.8 Å². The van der Waals surface area contributed by atoms with E-state index in [1.54, 1.807) is 31.4 Å². The summed E-state index contributed by atoms with van der Waals surface area (Å²) in [6.45, 7) is 0.0496. The number of carbonyl (C=O) groups excluding carboxylic acids is 1. The maximum absolute atomic E-state index is 12.2. The van der Waals surface area contributed by atoms with Crippen LogP contribution in [0.1, 0.15) is 46.6 Å². The topological polar surface area (TPSA) is 96.5 Å². The van der Waals surface area contributed by atoms with Gasteiger partial charge in [0.15, 0.2) is 0 Å². The molecule has 7 nitrogen and oxygen atoms in total. The van der Waals surface area contributed by atoms with Crippen LogP contribution in [0.15, 0.2) is 24.3 Å². The number of amides is 1. The second-order valence-electron chi connectivity index (χ2n) is 5.82. The molecule has 3 N–H and O–H groups in total. The summed E-state index contributed by atoms with van der Waals surface area (Å²) in [7, 11) is 3.08. The molecule has 1 aromatic carbocycles. The Morgan fingerprint density at radius 2 is 2.17 bits per heavy atom. The van der Waals surface area contributed by atoms with E-state index < -0.39 is 6.10 Å². The van der Waals surface area contributed by atoms with Crippen molar-refractivity contribution in [3.05, 3.63) is 41.2 Å². The molecule has 1 amide bonds. The fraction of sp³-hybridized carbons (Fsp3) is 0.412. The summed E-state index contributed by atoms with van der Waals surface area (Å²) in [5, 5.41) is 20.0. The van der Waals surface area contributed by atoms with Crippen molar-refractivity contribution in [3.8, 4) is 11.5 Å². The monoisotopic (exact) mass is 331 g/mol. The minimum atomic E-state index is -0.916. The summed E-state index contributed by atoms with van der Waals surface area (Å²) >= 11 is 0. The number of aliphatic hydroxyl groups is 1.